The normalized spacial score (nSPS) is 10.4. The van der Waals surface area contributed by atoms with Crippen LogP contribution < -0.4 is 10.6 Å². The first-order chi connectivity index (χ1) is 9.29. The van der Waals surface area contributed by atoms with Gasteiger partial charge in [0.25, 0.3) is 0 Å². The van der Waals surface area contributed by atoms with E-state index in [1.54, 1.807) is 0 Å². The van der Waals surface area contributed by atoms with Crippen LogP contribution in [0.15, 0.2) is 48.7 Å². The summed E-state index contributed by atoms with van der Waals surface area (Å²) in [4.78, 5) is 6.74. The molecule has 2 N–H and O–H groups in total. The third-order valence-corrected chi connectivity index (χ3v) is 3.08. The average molecular weight is 255 g/mol. The van der Waals surface area contributed by atoms with Crippen LogP contribution in [0.1, 0.15) is 17.7 Å². The highest BCUT2D eigenvalue weighted by molar-refractivity contribution is 5.48. The first-order valence-electron chi connectivity index (χ1n) is 6.71. The molecule has 1 aromatic carbocycles. The molecule has 0 aliphatic heterocycles. The van der Waals surface area contributed by atoms with Crippen LogP contribution in [-0.4, -0.2) is 18.1 Å². The summed E-state index contributed by atoms with van der Waals surface area (Å²) in [6, 6.07) is 14.6. The van der Waals surface area contributed by atoms with Crippen molar-refractivity contribution in [2.75, 3.05) is 18.0 Å². The number of hydrogen-bond acceptors (Lipinski definition) is 3. The Morgan fingerprint density at radius 2 is 2.05 bits per heavy atom. The predicted molar refractivity (Wildman–Crippen MR) is 80.1 cm³/mol. The van der Waals surface area contributed by atoms with E-state index >= 15 is 0 Å². The van der Waals surface area contributed by atoms with Crippen LogP contribution in [0.25, 0.3) is 0 Å². The number of anilines is 1. The maximum absolute atomic E-state index is 5.64. The van der Waals surface area contributed by atoms with Gasteiger partial charge in [-0.05, 0) is 49.7 Å². The van der Waals surface area contributed by atoms with Crippen LogP contribution in [0.3, 0.4) is 0 Å². The van der Waals surface area contributed by atoms with Crippen molar-refractivity contribution in [3.05, 3.63) is 59.9 Å². The Kier molecular flexibility index (Phi) is 4.93. The van der Waals surface area contributed by atoms with E-state index in [0.29, 0.717) is 6.54 Å². The van der Waals surface area contributed by atoms with Crippen LogP contribution in [0.4, 0.5) is 5.69 Å². The number of hydrogen-bond donors (Lipinski definition) is 1. The van der Waals surface area contributed by atoms with Crippen molar-refractivity contribution in [1.29, 1.82) is 0 Å². The first-order valence-corrected chi connectivity index (χ1v) is 6.71. The highest BCUT2D eigenvalue weighted by Gasteiger charge is 2.07. The van der Waals surface area contributed by atoms with Gasteiger partial charge in [0.2, 0.25) is 0 Å². The summed E-state index contributed by atoms with van der Waals surface area (Å²) in [6.45, 7) is 4.61. The minimum atomic E-state index is 0.713. The maximum Gasteiger partial charge on any atom is 0.0602 e. The Balaban J connectivity index is 2.16. The number of aryl methyl sites for hydroxylation is 1. The number of benzene rings is 1. The molecule has 0 saturated heterocycles. The number of rotatable bonds is 6. The van der Waals surface area contributed by atoms with Gasteiger partial charge in [-0.3, -0.25) is 4.98 Å². The zero-order valence-electron chi connectivity index (χ0n) is 11.4. The third kappa shape index (κ3) is 4.07. The quantitative estimate of drug-likeness (QED) is 0.863. The van der Waals surface area contributed by atoms with E-state index < -0.39 is 0 Å². The van der Waals surface area contributed by atoms with Crippen molar-refractivity contribution < 1.29 is 0 Å². The second-order valence-electron chi connectivity index (χ2n) is 4.72. The molecule has 100 valence electrons. The van der Waals surface area contributed by atoms with Gasteiger partial charge in [-0.15, -0.1) is 0 Å². The topological polar surface area (TPSA) is 42.1 Å². The van der Waals surface area contributed by atoms with Crippen molar-refractivity contribution in [3.8, 4) is 0 Å². The third-order valence-electron chi connectivity index (χ3n) is 3.08. The molecule has 19 heavy (non-hydrogen) atoms. The Morgan fingerprint density at radius 1 is 1.16 bits per heavy atom. The van der Waals surface area contributed by atoms with Crippen molar-refractivity contribution in [3.63, 3.8) is 0 Å². The highest BCUT2D eigenvalue weighted by atomic mass is 15.1. The minimum Gasteiger partial charge on any atom is -0.366 e. The van der Waals surface area contributed by atoms with E-state index in [2.05, 4.69) is 47.1 Å². The van der Waals surface area contributed by atoms with Gasteiger partial charge in [-0.25, -0.2) is 0 Å². The molecule has 0 atom stereocenters. The molecular formula is C16H21N3. The molecule has 0 unspecified atom stereocenters. The van der Waals surface area contributed by atoms with Gasteiger partial charge in [0.15, 0.2) is 0 Å². The van der Waals surface area contributed by atoms with Gasteiger partial charge in [-0.2, -0.15) is 0 Å². The summed E-state index contributed by atoms with van der Waals surface area (Å²) in [6.07, 6.45) is 2.83. The van der Waals surface area contributed by atoms with Gasteiger partial charge in [0.05, 0.1) is 12.2 Å². The lowest BCUT2D eigenvalue weighted by molar-refractivity contribution is 0.726. The van der Waals surface area contributed by atoms with Crippen LogP contribution in [0.5, 0.6) is 0 Å². The van der Waals surface area contributed by atoms with E-state index in [9.17, 15) is 0 Å². The standard InChI is InChI=1S/C16H21N3/c1-14-6-4-8-16(12-14)19(11-5-9-17)13-15-7-2-3-10-18-15/h2-4,6-8,10,12H,5,9,11,13,17H2,1H3. The Hall–Kier alpha value is -1.87. The fourth-order valence-electron chi connectivity index (χ4n) is 2.09. The maximum atomic E-state index is 5.64. The lowest BCUT2D eigenvalue weighted by Gasteiger charge is -2.24. The molecule has 0 fully saturated rings. The zero-order valence-corrected chi connectivity index (χ0v) is 11.4. The van der Waals surface area contributed by atoms with Crippen molar-refractivity contribution in [2.24, 2.45) is 5.73 Å². The molecule has 3 heteroatoms. The fourth-order valence-corrected chi connectivity index (χ4v) is 2.09. The van der Waals surface area contributed by atoms with E-state index in [-0.39, 0.29) is 0 Å². The van der Waals surface area contributed by atoms with E-state index in [1.807, 2.05) is 18.3 Å². The van der Waals surface area contributed by atoms with Crippen molar-refractivity contribution >= 4 is 5.69 Å². The summed E-state index contributed by atoms with van der Waals surface area (Å²) in [5.74, 6) is 0. The van der Waals surface area contributed by atoms with Gasteiger partial charge < -0.3 is 10.6 Å². The van der Waals surface area contributed by atoms with Crippen LogP contribution in [0, 0.1) is 6.92 Å². The van der Waals surface area contributed by atoms with Gasteiger partial charge in [0, 0.05) is 18.4 Å². The Morgan fingerprint density at radius 3 is 2.74 bits per heavy atom. The van der Waals surface area contributed by atoms with Crippen LogP contribution >= 0.6 is 0 Å². The number of nitrogens with two attached hydrogens (primary N) is 1. The Bertz CT molecular complexity index is 496. The average Bonchev–Trinajstić information content (AvgIpc) is 2.44. The lowest BCUT2D eigenvalue weighted by Crippen LogP contribution is -2.26. The summed E-state index contributed by atoms with van der Waals surface area (Å²) in [5.41, 5.74) is 9.23. The number of nitrogens with zero attached hydrogens (tertiary/aromatic N) is 2. The van der Waals surface area contributed by atoms with E-state index in [0.717, 1.165) is 25.2 Å². The lowest BCUT2D eigenvalue weighted by atomic mass is 10.2. The summed E-state index contributed by atoms with van der Waals surface area (Å²) >= 11 is 0. The summed E-state index contributed by atoms with van der Waals surface area (Å²) in [5, 5.41) is 0. The second-order valence-corrected chi connectivity index (χ2v) is 4.72. The molecule has 1 heterocycles. The Labute approximate surface area is 115 Å². The summed E-state index contributed by atoms with van der Waals surface area (Å²) < 4.78 is 0. The molecule has 0 aliphatic rings. The van der Waals surface area contributed by atoms with Crippen molar-refractivity contribution in [1.82, 2.24) is 4.98 Å². The number of aromatic nitrogens is 1. The molecule has 2 rings (SSSR count). The van der Waals surface area contributed by atoms with Crippen LogP contribution in [0.2, 0.25) is 0 Å². The summed E-state index contributed by atoms with van der Waals surface area (Å²) in [7, 11) is 0. The SMILES string of the molecule is Cc1cccc(N(CCCN)Cc2ccccn2)c1. The molecule has 0 saturated carbocycles. The number of pyridine rings is 1. The minimum absolute atomic E-state index is 0.713. The van der Waals surface area contributed by atoms with Gasteiger partial charge in [0.1, 0.15) is 0 Å². The molecule has 0 bridgehead atoms. The molecule has 0 amide bonds. The molecule has 0 aliphatic carbocycles. The second kappa shape index (κ2) is 6.90. The molecule has 0 radical (unpaired) electrons. The fraction of sp³-hybridized carbons (Fsp3) is 0.312. The monoisotopic (exact) mass is 255 g/mol. The molecule has 0 spiro atoms. The smallest absolute Gasteiger partial charge is 0.0602 e. The van der Waals surface area contributed by atoms with Crippen LogP contribution in [-0.2, 0) is 6.54 Å². The zero-order chi connectivity index (χ0) is 13.5. The van der Waals surface area contributed by atoms with Gasteiger partial charge >= 0.3 is 0 Å². The van der Waals surface area contributed by atoms with Gasteiger partial charge in [-0.1, -0.05) is 18.2 Å². The molecule has 2 aromatic rings. The van der Waals surface area contributed by atoms with E-state index in [1.165, 1.54) is 11.3 Å². The molecule has 1 aromatic heterocycles. The van der Waals surface area contributed by atoms with E-state index in [4.69, 9.17) is 5.73 Å². The largest absolute Gasteiger partial charge is 0.366 e. The molecular weight excluding hydrogens is 234 g/mol. The van der Waals surface area contributed by atoms with Crippen molar-refractivity contribution in [2.45, 2.75) is 19.9 Å². The first kappa shape index (κ1) is 13.6. The molecule has 3 nitrogen and oxygen atoms in total. The predicted octanol–water partition coefficient (Wildman–Crippen LogP) is 2.75. The highest BCUT2D eigenvalue weighted by Crippen LogP contribution is 2.18.